The lowest BCUT2D eigenvalue weighted by atomic mass is 9.95. The highest BCUT2D eigenvalue weighted by atomic mass is 35.5. The van der Waals surface area contributed by atoms with Crippen molar-refractivity contribution in [3.63, 3.8) is 0 Å². The largest absolute Gasteiger partial charge is 0.395 e. The summed E-state index contributed by atoms with van der Waals surface area (Å²) in [7, 11) is 0. The topological polar surface area (TPSA) is 56.7 Å². The molecule has 5 nitrogen and oxygen atoms in total. The minimum absolute atomic E-state index is 0.0514. The van der Waals surface area contributed by atoms with E-state index < -0.39 is 0 Å². The van der Waals surface area contributed by atoms with Crippen LogP contribution in [-0.2, 0) is 4.79 Å². The third-order valence-corrected chi connectivity index (χ3v) is 4.72. The SMILES string of the molecule is O=C(C1CCN(c2ccc(Cl)cn2)CC1)N(CCO)C1CC1. The summed E-state index contributed by atoms with van der Waals surface area (Å²) < 4.78 is 0. The fraction of sp³-hybridized carbons (Fsp3) is 0.625. The van der Waals surface area contributed by atoms with Gasteiger partial charge in [-0.05, 0) is 37.8 Å². The van der Waals surface area contributed by atoms with Gasteiger partial charge < -0.3 is 14.9 Å². The van der Waals surface area contributed by atoms with Crippen LogP contribution in [0.25, 0.3) is 0 Å². The van der Waals surface area contributed by atoms with E-state index in [1.807, 2.05) is 17.0 Å². The lowest BCUT2D eigenvalue weighted by Gasteiger charge is -2.34. The van der Waals surface area contributed by atoms with E-state index in [-0.39, 0.29) is 18.4 Å². The summed E-state index contributed by atoms with van der Waals surface area (Å²) in [4.78, 5) is 21.1. The van der Waals surface area contributed by atoms with Gasteiger partial charge in [-0.2, -0.15) is 0 Å². The summed E-state index contributed by atoms with van der Waals surface area (Å²) in [5.74, 6) is 1.22. The van der Waals surface area contributed by atoms with E-state index in [1.54, 1.807) is 6.20 Å². The monoisotopic (exact) mass is 323 g/mol. The van der Waals surface area contributed by atoms with Crippen LogP contribution < -0.4 is 4.90 Å². The first-order valence-corrected chi connectivity index (χ1v) is 8.34. The van der Waals surface area contributed by atoms with Crippen molar-refractivity contribution in [1.29, 1.82) is 0 Å². The number of amides is 1. The van der Waals surface area contributed by atoms with Crippen molar-refractivity contribution in [1.82, 2.24) is 9.88 Å². The molecule has 120 valence electrons. The van der Waals surface area contributed by atoms with Crippen molar-refractivity contribution in [2.45, 2.75) is 31.7 Å². The quantitative estimate of drug-likeness (QED) is 0.899. The molecule has 1 saturated carbocycles. The van der Waals surface area contributed by atoms with Crippen LogP contribution in [0.1, 0.15) is 25.7 Å². The Labute approximate surface area is 135 Å². The average molecular weight is 324 g/mol. The summed E-state index contributed by atoms with van der Waals surface area (Å²) in [6.07, 6.45) is 5.51. The van der Waals surface area contributed by atoms with E-state index in [9.17, 15) is 4.79 Å². The summed E-state index contributed by atoms with van der Waals surface area (Å²) in [5.41, 5.74) is 0. The van der Waals surface area contributed by atoms with Gasteiger partial charge in [0.25, 0.3) is 0 Å². The smallest absolute Gasteiger partial charge is 0.226 e. The van der Waals surface area contributed by atoms with Crippen molar-refractivity contribution in [2.75, 3.05) is 31.1 Å². The predicted octanol–water partition coefficient (Wildman–Crippen LogP) is 1.93. The summed E-state index contributed by atoms with van der Waals surface area (Å²) in [6, 6.07) is 4.14. The molecule has 1 aliphatic heterocycles. The van der Waals surface area contributed by atoms with Gasteiger partial charge in [0.2, 0.25) is 5.91 Å². The molecule has 6 heteroatoms. The average Bonchev–Trinajstić information content (AvgIpc) is 3.38. The zero-order valence-electron chi connectivity index (χ0n) is 12.6. The van der Waals surface area contributed by atoms with Crippen molar-refractivity contribution in [3.8, 4) is 0 Å². The standard InChI is InChI=1S/C16H22ClN3O2/c17-13-1-4-15(18-11-13)19-7-5-12(6-8-19)16(22)20(9-10-21)14-2-3-14/h1,4,11-12,14,21H,2-3,5-10H2. The van der Waals surface area contributed by atoms with E-state index in [0.717, 1.165) is 44.6 Å². The number of aromatic nitrogens is 1. The Morgan fingerprint density at radius 1 is 1.32 bits per heavy atom. The van der Waals surface area contributed by atoms with Crippen molar-refractivity contribution in [2.24, 2.45) is 5.92 Å². The highest BCUT2D eigenvalue weighted by molar-refractivity contribution is 6.30. The van der Waals surface area contributed by atoms with Crippen molar-refractivity contribution < 1.29 is 9.90 Å². The lowest BCUT2D eigenvalue weighted by Crippen LogP contribution is -2.44. The molecule has 0 bridgehead atoms. The molecule has 2 aliphatic rings. The molecule has 0 radical (unpaired) electrons. The van der Waals surface area contributed by atoms with E-state index >= 15 is 0 Å². The van der Waals surface area contributed by atoms with Crippen LogP contribution >= 0.6 is 11.6 Å². The molecule has 2 heterocycles. The van der Waals surface area contributed by atoms with Crippen molar-refractivity contribution >= 4 is 23.3 Å². The Morgan fingerprint density at radius 3 is 2.59 bits per heavy atom. The second-order valence-electron chi connectivity index (χ2n) is 6.08. The number of hydrogen-bond acceptors (Lipinski definition) is 4. The van der Waals surface area contributed by atoms with Crippen molar-refractivity contribution in [3.05, 3.63) is 23.4 Å². The van der Waals surface area contributed by atoms with E-state index in [2.05, 4.69) is 9.88 Å². The number of hydrogen-bond donors (Lipinski definition) is 1. The fourth-order valence-electron chi connectivity index (χ4n) is 3.11. The highest BCUT2D eigenvalue weighted by Gasteiger charge is 2.36. The Bertz CT molecular complexity index is 511. The minimum Gasteiger partial charge on any atom is -0.395 e. The molecule has 22 heavy (non-hydrogen) atoms. The van der Waals surface area contributed by atoms with Crippen LogP contribution in [0.5, 0.6) is 0 Å². The van der Waals surface area contributed by atoms with Gasteiger partial charge in [-0.15, -0.1) is 0 Å². The molecule has 1 aliphatic carbocycles. The molecule has 0 spiro atoms. The second kappa shape index (κ2) is 6.84. The maximum atomic E-state index is 12.6. The highest BCUT2D eigenvalue weighted by Crippen LogP contribution is 2.30. The zero-order chi connectivity index (χ0) is 15.5. The minimum atomic E-state index is 0.0514. The number of carbonyl (C=O) groups excluding carboxylic acids is 1. The first-order chi connectivity index (χ1) is 10.7. The lowest BCUT2D eigenvalue weighted by molar-refractivity contribution is -0.137. The molecule has 0 aromatic carbocycles. The molecule has 0 unspecified atom stereocenters. The fourth-order valence-corrected chi connectivity index (χ4v) is 3.22. The number of anilines is 1. The van der Waals surface area contributed by atoms with Gasteiger partial charge >= 0.3 is 0 Å². The Kier molecular flexibility index (Phi) is 4.84. The summed E-state index contributed by atoms with van der Waals surface area (Å²) in [5, 5.41) is 9.79. The van der Waals surface area contributed by atoms with E-state index in [4.69, 9.17) is 16.7 Å². The van der Waals surface area contributed by atoms with Crippen LogP contribution in [0.4, 0.5) is 5.82 Å². The molecule has 1 saturated heterocycles. The number of pyridine rings is 1. The number of halogens is 1. The summed E-state index contributed by atoms with van der Waals surface area (Å²) in [6.45, 7) is 2.20. The molecular weight excluding hydrogens is 302 g/mol. The van der Waals surface area contributed by atoms with Crippen LogP contribution in [0.3, 0.4) is 0 Å². The van der Waals surface area contributed by atoms with Gasteiger partial charge in [0.1, 0.15) is 5.82 Å². The first-order valence-electron chi connectivity index (χ1n) is 7.97. The Hall–Kier alpha value is -1.33. The predicted molar refractivity (Wildman–Crippen MR) is 86.0 cm³/mol. The number of rotatable bonds is 5. The maximum absolute atomic E-state index is 12.6. The third kappa shape index (κ3) is 3.52. The number of carbonyl (C=O) groups is 1. The number of nitrogens with zero attached hydrogens (tertiary/aromatic N) is 3. The van der Waals surface area contributed by atoms with Gasteiger partial charge in [0.05, 0.1) is 11.6 Å². The van der Waals surface area contributed by atoms with Crippen LogP contribution in [-0.4, -0.2) is 53.2 Å². The molecule has 1 N–H and O–H groups in total. The number of piperidine rings is 1. The van der Waals surface area contributed by atoms with E-state index in [1.165, 1.54) is 0 Å². The zero-order valence-corrected chi connectivity index (χ0v) is 13.4. The molecular formula is C16H22ClN3O2. The van der Waals surface area contributed by atoms with Gasteiger partial charge in [-0.1, -0.05) is 11.6 Å². The number of aliphatic hydroxyl groups excluding tert-OH is 1. The second-order valence-corrected chi connectivity index (χ2v) is 6.52. The van der Waals surface area contributed by atoms with Crippen LogP contribution in [0, 0.1) is 5.92 Å². The molecule has 1 aromatic rings. The third-order valence-electron chi connectivity index (χ3n) is 4.49. The maximum Gasteiger partial charge on any atom is 0.226 e. The van der Waals surface area contributed by atoms with E-state index in [0.29, 0.717) is 17.6 Å². The molecule has 1 amide bonds. The first kappa shape index (κ1) is 15.6. The summed E-state index contributed by atoms with van der Waals surface area (Å²) >= 11 is 5.86. The van der Waals surface area contributed by atoms with Gasteiger partial charge in [-0.25, -0.2) is 4.98 Å². The van der Waals surface area contributed by atoms with Gasteiger partial charge in [0, 0.05) is 37.8 Å². The molecule has 1 aromatic heterocycles. The Balaban J connectivity index is 1.56. The molecule has 2 fully saturated rings. The van der Waals surface area contributed by atoms with Crippen LogP contribution in [0.15, 0.2) is 18.3 Å². The van der Waals surface area contributed by atoms with Gasteiger partial charge in [-0.3, -0.25) is 4.79 Å². The normalized spacial score (nSPS) is 19.3. The molecule has 3 rings (SSSR count). The molecule has 0 atom stereocenters. The Morgan fingerprint density at radius 2 is 2.05 bits per heavy atom. The van der Waals surface area contributed by atoms with Gasteiger partial charge in [0.15, 0.2) is 0 Å². The van der Waals surface area contributed by atoms with Crippen LogP contribution in [0.2, 0.25) is 5.02 Å². The number of aliphatic hydroxyl groups is 1.